The monoisotopic (exact) mass is 933 g/mol. The summed E-state index contributed by atoms with van der Waals surface area (Å²) in [7, 11) is 1.43. The number of unbranched alkanes of at least 4 members (excludes halogenated alkanes) is 3. The van der Waals surface area contributed by atoms with Crippen molar-refractivity contribution in [2.75, 3.05) is 39.4 Å². The van der Waals surface area contributed by atoms with Gasteiger partial charge >= 0.3 is 5.69 Å². The Balaban J connectivity index is 1.48. The first kappa shape index (κ1) is 50.9. The van der Waals surface area contributed by atoms with Crippen LogP contribution in [0.4, 0.5) is 5.82 Å². The van der Waals surface area contributed by atoms with Crippen LogP contribution in [0.15, 0.2) is 126 Å². The lowest BCUT2D eigenvalue weighted by molar-refractivity contribution is -0.0977. The van der Waals surface area contributed by atoms with E-state index in [1.54, 1.807) is 50.7 Å². The van der Waals surface area contributed by atoms with E-state index in [2.05, 4.69) is 55.7 Å². The van der Waals surface area contributed by atoms with E-state index in [1.807, 2.05) is 84.9 Å². The van der Waals surface area contributed by atoms with Gasteiger partial charge in [-0.1, -0.05) is 99.0 Å². The molecule has 1 N–H and O–H groups in total. The van der Waals surface area contributed by atoms with Crippen molar-refractivity contribution in [3.05, 3.63) is 154 Å². The number of aromatic nitrogens is 2. The Kier molecular flexibility index (Phi) is 19.0. The van der Waals surface area contributed by atoms with Crippen LogP contribution in [0.2, 0.25) is 0 Å². The molecular formula is C52H64N5O9P. The Morgan fingerprint density at radius 2 is 1.42 bits per heavy atom. The van der Waals surface area contributed by atoms with Gasteiger partial charge in [-0.3, -0.25) is 9.36 Å². The number of carbonyl (C=O) groups excluding carboxylic acids is 1. The largest absolute Gasteiger partial charge is 0.497 e. The molecular weight excluding hydrogens is 870 g/mol. The summed E-state index contributed by atoms with van der Waals surface area (Å²) in [4.78, 5) is 31.6. The molecule has 1 amide bonds. The minimum Gasteiger partial charge on any atom is -0.497 e. The molecule has 5 aromatic rings. The zero-order valence-corrected chi connectivity index (χ0v) is 40.5. The quantitative estimate of drug-likeness (QED) is 0.0336. The van der Waals surface area contributed by atoms with E-state index in [1.165, 1.54) is 4.57 Å². The van der Waals surface area contributed by atoms with Gasteiger partial charge in [0.25, 0.3) is 14.4 Å². The minimum absolute atomic E-state index is 0.00392. The maximum atomic E-state index is 14.2. The number of nitriles is 1. The summed E-state index contributed by atoms with van der Waals surface area (Å²) in [6.07, 6.45) is 1.89. The number of anilines is 1. The fourth-order valence-corrected chi connectivity index (χ4v) is 10.0. The number of nitrogens with zero attached hydrogens (tertiary/aromatic N) is 4. The van der Waals surface area contributed by atoms with Gasteiger partial charge in [-0.2, -0.15) is 10.2 Å². The summed E-state index contributed by atoms with van der Waals surface area (Å²) in [6, 6.07) is 38.0. The van der Waals surface area contributed by atoms with Crippen molar-refractivity contribution in [2.45, 2.75) is 109 Å². The summed E-state index contributed by atoms with van der Waals surface area (Å²) in [6.45, 7) is 10.9. The number of benzene rings is 4. The summed E-state index contributed by atoms with van der Waals surface area (Å²) in [5.41, 5.74) is 1.04. The standard InChI is InChI=1S/C52H64N5O9P/c1-8-9-10-17-34-62-48-47(66-67(64-35-18-32-53)57(37(2)3)38(4)5)45(65-50(48)56-33-31-46(55-51(56)59)54-49(58)39-19-13-11-14-20-39)36-63-52(40-21-15-12-16-22-40,41-23-27-43(60-6)28-24-41)42-25-29-44(61-7)30-26-42/h11-16,19-31,33,37-38,45,47-48,50H,8-10,17-18,34-36H2,1-7H3,(H,54,55,58,59)/t45-,47-,48-,50-,67?/m1/s1. The van der Waals surface area contributed by atoms with Gasteiger partial charge in [-0.05, 0) is 93.3 Å². The van der Waals surface area contributed by atoms with Gasteiger partial charge in [0.1, 0.15) is 41.2 Å². The number of amides is 1. The van der Waals surface area contributed by atoms with Crippen LogP contribution in [-0.2, 0) is 28.9 Å². The smallest absolute Gasteiger partial charge is 0.351 e. The molecule has 1 saturated heterocycles. The van der Waals surface area contributed by atoms with Gasteiger partial charge in [-0.25, -0.2) is 9.46 Å². The third-order valence-corrected chi connectivity index (χ3v) is 13.6. The molecule has 1 aliphatic heterocycles. The van der Waals surface area contributed by atoms with Crippen LogP contribution in [0, 0.1) is 11.3 Å². The molecule has 0 aliphatic carbocycles. The van der Waals surface area contributed by atoms with E-state index in [4.69, 9.17) is 32.7 Å². The molecule has 1 fully saturated rings. The van der Waals surface area contributed by atoms with Crippen LogP contribution in [0.1, 0.15) is 100.0 Å². The first-order valence-electron chi connectivity index (χ1n) is 23.0. The highest BCUT2D eigenvalue weighted by Crippen LogP contribution is 2.51. The fraction of sp³-hybridized carbons (Fsp3) is 0.423. The summed E-state index contributed by atoms with van der Waals surface area (Å²) < 4.78 is 49.7. The van der Waals surface area contributed by atoms with Crippen LogP contribution in [-0.4, -0.2) is 84.6 Å². The number of carbonyl (C=O) groups is 1. The molecule has 0 radical (unpaired) electrons. The first-order valence-corrected chi connectivity index (χ1v) is 24.1. The lowest BCUT2D eigenvalue weighted by atomic mass is 9.80. The van der Waals surface area contributed by atoms with E-state index in [-0.39, 0.29) is 37.5 Å². The number of hydrogen-bond acceptors (Lipinski definition) is 12. The van der Waals surface area contributed by atoms with E-state index in [0.717, 1.165) is 42.4 Å². The molecule has 5 atom stereocenters. The van der Waals surface area contributed by atoms with Crippen molar-refractivity contribution in [2.24, 2.45) is 0 Å². The van der Waals surface area contributed by atoms with Crippen molar-refractivity contribution in [3.63, 3.8) is 0 Å². The molecule has 1 aromatic heterocycles. The molecule has 0 spiro atoms. The molecule has 6 rings (SSSR count). The Labute approximate surface area is 396 Å². The average Bonchev–Trinajstić information content (AvgIpc) is 3.68. The number of nitrogens with one attached hydrogen (secondary N) is 1. The lowest BCUT2D eigenvalue weighted by Crippen LogP contribution is -2.43. The SMILES string of the molecule is CCCCCCO[C@@H]1[C@H](OP(OCCC#N)N(C(C)C)C(C)C)[C@@H](COC(c2ccccc2)(c2ccc(OC)cc2)c2ccc(OC)cc2)O[C@H]1n1ccc(NC(=O)c2ccccc2)nc1=O. The highest BCUT2D eigenvalue weighted by Gasteiger charge is 2.51. The Morgan fingerprint density at radius 1 is 0.821 bits per heavy atom. The topological polar surface area (TPSA) is 156 Å². The second-order valence-corrected chi connectivity index (χ2v) is 18.1. The molecule has 356 valence electrons. The molecule has 0 saturated carbocycles. The van der Waals surface area contributed by atoms with Crippen molar-refractivity contribution < 1.29 is 37.5 Å². The zero-order chi connectivity index (χ0) is 47.8. The molecule has 0 bridgehead atoms. The molecule has 1 aliphatic rings. The number of ether oxygens (including phenoxy) is 5. The van der Waals surface area contributed by atoms with Gasteiger partial charge in [0.05, 0.1) is 39.9 Å². The number of rotatable bonds is 25. The lowest BCUT2D eigenvalue weighted by Gasteiger charge is -2.39. The van der Waals surface area contributed by atoms with Gasteiger partial charge in [0, 0.05) is 30.5 Å². The highest BCUT2D eigenvalue weighted by atomic mass is 31.2. The maximum absolute atomic E-state index is 14.2. The van der Waals surface area contributed by atoms with E-state index >= 15 is 0 Å². The second-order valence-electron chi connectivity index (χ2n) is 16.7. The molecule has 15 heteroatoms. The normalized spacial score (nSPS) is 17.7. The third-order valence-electron chi connectivity index (χ3n) is 11.5. The summed E-state index contributed by atoms with van der Waals surface area (Å²) >= 11 is 0. The predicted molar refractivity (Wildman–Crippen MR) is 259 cm³/mol. The van der Waals surface area contributed by atoms with E-state index < -0.39 is 50.3 Å². The second kappa shape index (κ2) is 25.0. The van der Waals surface area contributed by atoms with Crippen LogP contribution in [0.25, 0.3) is 0 Å². The maximum Gasteiger partial charge on any atom is 0.351 e. The van der Waals surface area contributed by atoms with Gasteiger partial charge in [0.15, 0.2) is 6.23 Å². The van der Waals surface area contributed by atoms with Crippen molar-refractivity contribution >= 4 is 20.3 Å². The predicted octanol–water partition coefficient (Wildman–Crippen LogP) is 10.0. The van der Waals surface area contributed by atoms with E-state index in [0.29, 0.717) is 23.7 Å². The zero-order valence-electron chi connectivity index (χ0n) is 39.6. The van der Waals surface area contributed by atoms with E-state index in [9.17, 15) is 14.9 Å². The van der Waals surface area contributed by atoms with Gasteiger partial charge in [0.2, 0.25) is 0 Å². The highest BCUT2D eigenvalue weighted by molar-refractivity contribution is 7.44. The van der Waals surface area contributed by atoms with Crippen LogP contribution < -0.4 is 20.5 Å². The fourth-order valence-electron chi connectivity index (χ4n) is 8.25. The van der Waals surface area contributed by atoms with Crippen LogP contribution in [0.3, 0.4) is 0 Å². The third kappa shape index (κ3) is 12.7. The first-order chi connectivity index (χ1) is 32.5. The number of hydrogen-bond donors (Lipinski definition) is 1. The van der Waals surface area contributed by atoms with Crippen molar-refractivity contribution in [1.29, 1.82) is 5.26 Å². The van der Waals surface area contributed by atoms with Gasteiger partial charge in [-0.15, -0.1) is 0 Å². The number of methoxy groups -OCH3 is 2. The van der Waals surface area contributed by atoms with Crippen LogP contribution >= 0.6 is 8.53 Å². The van der Waals surface area contributed by atoms with Crippen LogP contribution in [0.5, 0.6) is 11.5 Å². The molecule has 1 unspecified atom stereocenters. The summed E-state index contributed by atoms with van der Waals surface area (Å²) in [5.74, 6) is 1.05. The van der Waals surface area contributed by atoms with Crippen molar-refractivity contribution in [3.8, 4) is 17.6 Å². The average molecular weight is 934 g/mol. The Morgan fingerprint density at radius 3 is 1.97 bits per heavy atom. The summed E-state index contributed by atoms with van der Waals surface area (Å²) in [5, 5.41) is 12.3. The Bertz CT molecular complexity index is 2320. The Hall–Kier alpha value is -5.49. The van der Waals surface area contributed by atoms with Crippen molar-refractivity contribution in [1.82, 2.24) is 14.2 Å². The van der Waals surface area contributed by atoms with Gasteiger partial charge < -0.3 is 38.0 Å². The molecule has 14 nitrogen and oxygen atoms in total. The molecule has 67 heavy (non-hydrogen) atoms. The minimum atomic E-state index is -1.83. The molecule has 4 aromatic carbocycles. The molecule has 2 heterocycles.